The summed E-state index contributed by atoms with van der Waals surface area (Å²) in [6.45, 7) is 1.14. The van der Waals surface area contributed by atoms with Crippen molar-refractivity contribution in [1.82, 2.24) is 4.31 Å². The van der Waals surface area contributed by atoms with Crippen LogP contribution in [-0.2, 0) is 14.8 Å². The van der Waals surface area contributed by atoms with Gasteiger partial charge in [-0.1, -0.05) is 0 Å². The van der Waals surface area contributed by atoms with E-state index in [4.69, 9.17) is 10.5 Å². The number of methoxy groups -OCH3 is 1. The predicted molar refractivity (Wildman–Crippen MR) is 74.1 cm³/mol. The van der Waals surface area contributed by atoms with Crippen LogP contribution in [0.4, 0.5) is 14.5 Å². The van der Waals surface area contributed by atoms with Crippen molar-refractivity contribution in [2.75, 3.05) is 32.5 Å². The number of anilines is 1. The highest BCUT2D eigenvalue weighted by molar-refractivity contribution is 7.89. The Labute approximate surface area is 122 Å². The lowest BCUT2D eigenvalue weighted by Crippen LogP contribution is -2.39. The third kappa shape index (κ3) is 3.33. The molecule has 1 aliphatic rings. The molecular weight excluding hydrogens is 302 g/mol. The van der Waals surface area contributed by atoms with Gasteiger partial charge in [-0.15, -0.1) is 0 Å². The van der Waals surface area contributed by atoms with E-state index in [1.807, 2.05) is 0 Å². The van der Waals surface area contributed by atoms with E-state index in [0.717, 1.165) is 6.07 Å². The van der Waals surface area contributed by atoms with Crippen LogP contribution in [0.5, 0.6) is 0 Å². The van der Waals surface area contributed by atoms with Crippen LogP contribution >= 0.6 is 0 Å². The third-order valence-electron chi connectivity index (χ3n) is 3.64. The second-order valence-corrected chi connectivity index (χ2v) is 7.01. The Morgan fingerprint density at radius 2 is 1.90 bits per heavy atom. The van der Waals surface area contributed by atoms with E-state index in [-0.39, 0.29) is 18.8 Å². The number of hydrogen-bond acceptors (Lipinski definition) is 4. The molecule has 1 fully saturated rings. The molecule has 0 unspecified atom stereocenters. The number of halogens is 2. The molecule has 0 aliphatic carbocycles. The first-order chi connectivity index (χ1) is 9.86. The van der Waals surface area contributed by atoms with Gasteiger partial charge in [0.2, 0.25) is 10.0 Å². The largest absolute Gasteiger partial charge is 0.396 e. The van der Waals surface area contributed by atoms with Gasteiger partial charge in [-0.25, -0.2) is 17.2 Å². The Balaban J connectivity index is 2.22. The van der Waals surface area contributed by atoms with Crippen LogP contribution in [0, 0.1) is 17.6 Å². The van der Waals surface area contributed by atoms with Gasteiger partial charge in [0.25, 0.3) is 0 Å². The molecule has 0 radical (unpaired) electrons. The fourth-order valence-corrected chi connectivity index (χ4v) is 3.98. The Hall–Kier alpha value is -1.25. The lowest BCUT2D eigenvalue weighted by Gasteiger charge is -2.30. The van der Waals surface area contributed by atoms with E-state index in [1.165, 1.54) is 4.31 Å². The van der Waals surface area contributed by atoms with Crippen LogP contribution in [0.25, 0.3) is 0 Å². The summed E-state index contributed by atoms with van der Waals surface area (Å²) >= 11 is 0. The van der Waals surface area contributed by atoms with Crippen LogP contribution in [0.1, 0.15) is 12.8 Å². The van der Waals surface area contributed by atoms with Crippen LogP contribution in [0.3, 0.4) is 0 Å². The Morgan fingerprint density at radius 1 is 1.29 bits per heavy atom. The van der Waals surface area contributed by atoms with Gasteiger partial charge in [0.15, 0.2) is 0 Å². The van der Waals surface area contributed by atoms with Gasteiger partial charge >= 0.3 is 0 Å². The quantitative estimate of drug-likeness (QED) is 0.855. The summed E-state index contributed by atoms with van der Waals surface area (Å²) in [5.74, 6) is -1.80. The molecule has 0 saturated carbocycles. The molecule has 0 amide bonds. The van der Waals surface area contributed by atoms with Crippen LogP contribution in [-0.4, -0.2) is 39.5 Å². The van der Waals surface area contributed by atoms with Gasteiger partial charge < -0.3 is 10.5 Å². The second-order valence-electron chi connectivity index (χ2n) is 5.11. The standard InChI is InChI=1S/C13H18F2N2O3S/c1-20-8-9-2-4-17(5-3-9)21(18,19)13-7-12(16)10(14)6-11(13)15/h6-7,9H,2-5,8,16H2,1H3. The summed E-state index contributed by atoms with van der Waals surface area (Å²) in [5, 5.41) is 0. The average molecular weight is 320 g/mol. The van der Waals surface area contributed by atoms with Crippen molar-refractivity contribution in [3.05, 3.63) is 23.8 Å². The van der Waals surface area contributed by atoms with Crippen molar-refractivity contribution in [2.45, 2.75) is 17.7 Å². The van der Waals surface area contributed by atoms with Gasteiger partial charge in [-0.05, 0) is 24.8 Å². The summed E-state index contributed by atoms with van der Waals surface area (Å²) in [4.78, 5) is -0.577. The summed E-state index contributed by atoms with van der Waals surface area (Å²) < 4.78 is 58.0. The minimum Gasteiger partial charge on any atom is -0.396 e. The highest BCUT2D eigenvalue weighted by Crippen LogP contribution is 2.27. The zero-order chi connectivity index (χ0) is 15.6. The fourth-order valence-electron chi connectivity index (χ4n) is 2.43. The zero-order valence-electron chi connectivity index (χ0n) is 11.7. The van der Waals surface area contributed by atoms with Gasteiger partial charge in [-0.3, -0.25) is 0 Å². The zero-order valence-corrected chi connectivity index (χ0v) is 12.5. The Kier molecular flexibility index (Phi) is 4.80. The van der Waals surface area contributed by atoms with Gasteiger partial charge in [-0.2, -0.15) is 4.31 Å². The fraction of sp³-hybridized carbons (Fsp3) is 0.538. The normalized spacial score (nSPS) is 18.0. The first kappa shape index (κ1) is 16.1. The van der Waals surface area contributed by atoms with Crippen LogP contribution in [0.15, 0.2) is 17.0 Å². The monoisotopic (exact) mass is 320 g/mol. The molecule has 21 heavy (non-hydrogen) atoms. The van der Waals surface area contributed by atoms with E-state index in [2.05, 4.69) is 0 Å². The smallest absolute Gasteiger partial charge is 0.246 e. The highest BCUT2D eigenvalue weighted by atomic mass is 32.2. The average Bonchev–Trinajstić information content (AvgIpc) is 2.43. The number of hydrogen-bond donors (Lipinski definition) is 1. The van der Waals surface area contributed by atoms with Crippen LogP contribution in [0.2, 0.25) is 0 Å². The molecule has 1 aromatic rings. The van der Waals surface area contributed by atoms with E-state index >= 15 is 0 Å². The molecule has 8 heteroatoms. The minimum atomic E-state index is -4.00. The Morgan fingerprint density at radius 3 is 2.48 bits per heavy atom. The maximum Gasteiger partial charge on any atom is 0.246 e. The first-order valence-corrected chi connectivity index (χ1v) is 8.04. The molecular formula is C13H18F2N2O3S. The second kappa shape index (κ2) is 6.25. The van der Waals surface area contributed by atoms with E-state index in [9.17, 15) is 17.2 Å². The number of ether oxygens (including phenoxy) is 1. The number of nitrogens with two attached hydrogens (primary N) is 1. The Bertz CT molecular complexity index is 614. The maximum absolute atomic E-state index is 13.8. The van der Waals surface area contributed by atoms with Crippen molar-refractivity contribution >= 4 is 15.7 Å². The van der Waals surface area contributed by atoms with E-state index < -0.39 is 26.6 Å². The third-order valence-corrected chi connectivity index (χ3v) is 5.56. The predicted octanol–water partition coefficient (Wildman–Crippen LogP) is 1.59. The SMILES string of the molecule is COCC1CCN(S(=O)(=O)c2cc(N)c(F)cc2F)CC1. The molecule has 5 nitrogen and oxygen atoms in total. The summed E-state index contributed by atoms with van der Waals surface area (Å²) in [7, 11) is -2.40. The van der Waals surface area contributed by atoms with Gasteiger partial charge in [0, 0.05) is 32.9 Å². The summed E-state index contributed by atoms with van der Waals surface area (Å²) in [6, 6.07) is 1.33. The number of rotatable bonds is 4. The van der Waals surface area contributed by atoms with Gasteiger partial charge in [0.1, 0.15) is 16.5 Å². The van der Waals surface area contributed by atoms with Crippen molar-refractivity contribution < 1.29 is 21.9 Å². The van der Waals surface area contributed by atoms with Crippen LogP contribution < -0.4 is 5.73 Å². The van der Waals surface area contributed by atoms with E-state index in [0.29, 0.717) is 31.4 Å². The minimum absolute atomic E-state index is 0.285. The molecule has 118 valence electrons. The number of nitrogens with zero attached hydrogens (tertiary/aromatic N) is 1. The summed E-state index contributed by atoms with van der Waals surface area (Å²) in [5.41, 5.74) is 4.95. The molecule has 0 bridgehead atoms. The highest BCUT2D eigenvalue weighted by Gasteiger charge is 2.32. The molecule has 2 rings (SSSR count). The number of piperidine rings is 1. The lowest BCUT2D eigenvalue weighted by atomic mass is 9.99. The molecule has 2 N–H and O–H groups in total. The molecule has 1 aliphatic heterocycles. The molecule has 1 aromatic carbocycles. The topological polar surface area (TPSA) is 72.6 Å². The molecule has 0 aromatic heterocycles. The lowest BCUT2D eigenvalue weighted by molar-refractivity contribution is 0.121. The van der Waals surface area contributed by atoms with E-state index in [1.54, 1.807) is 7.11 Å². The number of nitrogen functional groups attached to an aromatic ring is 1. The van der Waals surface area contributed by atoms with Gasteiger partial charge in [0.05, 0.1) is 5.69 Å². The van der Waals surface area contributed by atoms with Crippen molar-refractivity contribution in [3.8, 4) is 0 Å². The maximum atomic E-state index is 13.8. The number of sulfonamides is 1. The molecule has 1 saturated heterocycles. The van der Waals surface area contributed by atoms with Crippen molar-refractivity contribution in [2.24, 2.45) is 5.92 Å². The number of benzene rings is 1. The first-order valence-electron chi connectivity index (χ1n) is 6.60. The van der Waals surface area contributed by atoms with Crippen molar-refractivity contribution in [1.29, 1.82) is 0 Å². The molecule has 0 atom stereocenters. The van der Waals surface area contributed by atoms with Crippen molar-refractivity contribution in [3.63, 3.8) is 0 Å². The molecule has 1 heterocycles. The molecule has 0 spiro atoms. The summed E-state index contributed by atoms with van der Waals surface area (Å²) in [6.07, 6.45) is 1.29.